The first-order valence-corrected chi connectivity index (χ1v) is 5.36. The van der Waals surface area contributed by atoms with Crippen LogP contribution in [0.2, 0.25) is 0 Å². The molecule has 78 valence electrons. The maximum absolute atomic E-state index is 9.14. The highest BCUT2D eigenvalue weighted by Gasteiger charge is 2.05. The number of aromatic hydroxyl groups is 1. The molecule has 0 saturated carbocycles. The second kappa shape index (κ2) is 5.04. The molecule has 0 aliphatic rings. The molecule has 1 aromatic rings. The molecule has 0 heterocycles. The van der Waals surface area contributed by atoms with Crippen LogP contribution in [0.4, 0.5) is 0 Å². The van der Waals surface area contributed by atoms with Gasteiger partial charge in [0.05, 0.1) is 0 Å². The van der Waals surface area contributed by atoms with Crippen LogP contribution in [0.15, 0.2) is 24.3 Å². The molecule has 0 aromatic heterocycles. The van der Waals surface area contributed by atoms with E-state index in [1.165, 1.54) is 12.0 Å². The van der Waals surface area contributed by atoms with Gasteiger partial charge in [0, 0.05) is 0 Å². The number of phenolic OH excluding ortho intramolecular Hbond substituents is 1. The first kappa shape index (κ1) is 11.1. The fraction of sp³-hybridized carbons (Fsp3) is 0.538. The Morgan fingerprint density at radius 2 is 1.64 bits per heavy atom. The van der Waals surface area contributed by atoms with Crippen molar-refractivity contribution >= 4 is 0 Å². The van der Waals surface area contributed by atoms with Gasteiger partial charge in [0.15, 0.2) is 0 Å². The molecule has 1 atom stereocenters. The number of hydrogen-bond donors (Lipinski definition) is 1. The average molecular weight is 192 g/mol. The maximum Gasteiger partial charge on any atom is 0.115 e. The van der Waals surface area contributed by atoms with Crippen LogP contribution in [-0.2, 0) is 6.42 Å². The van der Waals surface area contributed by atoms with Gasteiger partial charge in [0.25, 0.3) is 0 Å². The lowest BCUT2D eigenvalue weighted by molar-refractivity contribution is 0.436. The molecule has 1 N–H and O–H groups in total. The van der Waals surface area contributed by atoms with Gasteiger partial charge in [0.2, 0.25) is 0 Å². The molecule has 1 aromatic carbocycles. The van der Waals surface area contributed by atoms with E-state index in [1.54, 1.807) is 12.1 Å². The van der Waals surface area contributed by atoms with Crippen molar-refractivity contribution < 1.29 is 5.11 Å². The van der Waals surface area contributed by atoms with Crippen LogP contribution < -0.4 is 0 Å². The highest BCUT2D eigenvalue weighted by molar-refractivity contribution is 5.26. The van der Waals surface area contributed by atoms with Crippen molar-refractivity contribution in [3.05, 3.63) is 29.8 Å². The minimum Gasteiger partial charge on any atom is -0.508 e. The van der Waals surface area contributed by atoms with Crippen LogP contribution >= 0.6 is 0 Å². The summed E-state index contributed by atoms with van der Waals surface area (Å²) in [4.78, 5) is 0. The van der Waals surface area contributed by atoms with Crippen molar-refractivity contribution in [1.29, 1.82) is 0 Å². The van der Waals surface area contributed by atoms with E-state index in [0.717, 1.165) is 18.3 Å². The van der Waals surface area contributed by atoms with E-state index in [4.69, 9.17) is 5.11 Å². The summed E-state index contributed by atoms with van der Waals surface area (Å²) in [6, 6.07) is 7.53. The van der Waals surface area contributed by atoms with Gasteiger partial charge in [-0.25, -0.2) is 0 Å². The largest absolute Gasteiger partial charge is 0.508 e. The van der Waals surface area contributed by atoms with E-state index in [9.17, 15) is 0 Å². The van der Waals surface area contributed by atoms with Crippen LogP contribution in [0.25, 0.3) is 0 Å². The van der Waals surface area contributed by atoms with Gasteiger partial charge in [0.1, 0.15) is 5.75 Å². The fourth-order valence-electron chi connectivity index (χ4n) is 1.92. The Balaban J connectivity index is 2.47. The van der Waals surface area contributed by atoms with Gasteiger partial charge in [-0.05, 0) is 42.4 Å². The minimum absolute atomic E-state index is 0.352. The molecule has 0 aliphatic heterocycles. The third-order valence-corrected chi connectivity index (χ3v) is 2.39. The Bertz CT molecular complexity index is 261. The third-order valence-electron chi connectivity index (χ3n) is 2.39. The summed E-state index contributed by atoms with van der Waals surface area (Å²) in [5, 5.41) is 9.14. The second-order valence-electron chi connectivity index (χ2n) is 4.61. The van der Waals surface area contributed by atoms with Crippen molar-refractivity contribution in [3.63, 3.8) is 0 Å². The first-order chi connectivity index (χ1) is 6.58. The average Bonchev–Trinajstić information content (AvgIpc) is 2.07. The molecule has 0 fully saturated rings. The monoisotopic (exact) mass is 192 g/mol. The second-order valence-corrected chi connectivity index (χ2v) is 4.61. The highest BCUT2D eigenvalue weighted by Crippen LogP contribution is 2.18. The van der Waals surface area contributed by atoms with Crippen LogP contribution in [0.5, 0.6) is 5.75 Å². The molecule has 1 rings (SSSR count). The Kier molecular flexibility index (Phi) is 3.99. The summed E-state index contributed by atoms with van der Waals surface area (Å²) in [7, 11) is 0. The number of phenols is 1. The molecule has 0 amide bonds. The standard InChI is InChI=1S/C13H20O/c1-10(2)8-11(3)9-12-4-6-13(14)7-5-12/h4-7,10-11,14H,8-9H2,1-3H3. The quantitative estimate of drug-likeness (QED) is 0.772. The summed E-state index contributed by atoms with van der Waals surface area (Å²) in [5.41, 5.74) is 1.32. The number of benzene rings is 1. The van der Waals surface area contributed by atoms with Crippen molar-refractivity contribution in [2.24, 2.45) is 11.8 Å². The summed E-state index contributed by atoms with van der Waals surface area (Å²) in [6.07, 6.45) is 2.37. The van der Waals surface area contributed by atoms with Crippen LogP contribution in [0, 0.1) is 11.8 Å². The Morgan fingerprint density at radius 1 is 1.07 bits per heavy atom. The predicted octanol–water partition coefficient (Wildman–Crippen LogP) is 3.62. The first-order valence-electron chi connectivity index (χ1n) is 5.36. The van der Waals surface area contributed by atoms with Gasteiger partial charge < -0.3 is 5.11 Å². The van der Waals surface area contributed by atoms with Crippen LogP contribution in [0.3, 0.4) is 0 Å². The fourth-order valence-corrected chi connectivity index (χ4v) is 1.92. The van der Waals surface area contributed by atoms with Gasteiger partial charge in [-0.1, -0.05) is 32.9 Å². The van der Waals surface area contributed by atoms with E-state index >= 15 is 0 Å². The van der Waals surface area contributed by atoms with Gasteiger partial charge in [-0.2, -0.15) is 0 Å². The van der Waals surface area contributed by atoms with E-state index < -0.39 is 0 Å². The Hall–Kier alpha value is -0.980. The van der Waals surface area contributed by atoms with Crippen molar-refractivity contribution in [3.8, 4) is 5.75 Å². The minimum atomic E-state index is 0.352. The van der Waals surface area contributed by atoms with Gasteiger partial charge >= 0.3 is 0 Å². The molecular formula is C13H20O. The molecule has 0 spiro atoms. The topological polar surface area (TPSA) is 20.2 Å². The molecule has 0 aliphatic carbocycles. The lowest BCUT2D eigenvalue weighted by Gasteiger charge is -2.13. The number of hydrogen-bond acceptors (Lipinski definition) is 1. The molecule has 1 nitrogen and oxygen atoms in total. The van der Waals surface area contributed by atoms with E-state index in [0.29, 0.717) is 5.75 Å². The van der Waals surface area contributed by atoms with Crippen LogP contribution in [-0.4, -0.2) is 5.11 Å². The van der Waals surface area contributed by atoms with E-state index in [-0.39, 0.29) is 0 Å². The predicted molar refractivity (Wildman–Crippen MR) is 60.4 cm³/mol. The van der Waals surface area contributed by atoms with Crippen molar-refractivity contribution in [2.75, 3.05) is 0 Å². The zero-order valence-electron chi connectivity index (χ0n) is 9.33. The zero-order chi connectivity index (χ0) is 10.6. The highest BCUT2D eigenvalue weighted by atomic mass is 16.3. The van der Waals surface area contributed by atoms with Crippen molar-refractivity contribution in [2.45, 2.75) is 33.6 Å². The van der Waals surface area contributed by atoms with E-state index in [1.807, 2.05) is 12.1 Å². The molecule has 14 heavy (non-hydrogen) atoms. The van der Waals surface area contributed by atoms with Gasteiger partial charge in [-0.3, -0.25) is 0 Å². The molecule has 0 bridgehead atoms. The summed E-state index contributed by atoms with van der Waals surface area (Å²) in [5.74, 6) is 1.84. The zero-order valence-corrected chi connectivity index (χ0v) is 9.33. The third kappa shape index (κ3) is 3.82. The maximum atomic E-state index is 9.14. The lowest BCUT2D eigenvalue weighted by atomic mass is 9.93. The van der Waals surface area contributed by atoms with Crippen molar-refractivity contribution in [1.82, 2.24) is 0 Å². The molecule has 1 heteroatoms. The normalized spacial score (nSPS) is 13.1. The molecular weight excluding hydrogens is 172 g/mol. The van der Waals surface area contributed by atoms with Gasteiger partial charge in [-0.15, -0.1) is 0 Å². The molecule has 0 saturated heterocycles. The summed E-state index contributed by atoms with van der Waals surface area (Å²) in [6.45, 7) is 6.80. The Labute approximate surface area is 86.8 Å². The Morgan fingerprint density at radius 3 is 2.14 bits per heavy atom. The lowest BCUT2D eigenvalue weighted by Crippen LogP contribution is -2.03. The smallest absolute Gasteiger partial charge is 0.115 e. The molecule has 1 unspecified atom stereocenters. The van der Waals surface area contributed by atoms with E-state index in [2.05, 4.69) is 20.8 Å². The SMILES string of the molecule is CC(C)CC(C)Cc1ccc(O)cc1. The summed E-state index contributed by atoms with van der Waals surface area (Å²) < 4.78 is 0. The summed E-state index contributed by atoms with van der Waals surface area (Å²) >= 11 is 0. The molecule has 0 radical (unpaired) electrons. The number of rotatable bonds is 4. The van der Waals surface area contributed by atoms with Crippen LogP contribution in [0.1, 0.15) is 32.8 Å².